The lowest BCUT2D eigenvalue weighted by atomic mass is 10.2. The van der Waals surface area contributed by atoms with E-state index in [0.29, 0.717) is 0 Å². The maximum absolute atomic E-state index is 5.85. The molecular weight excluding hydrogens is 188 g/mol. The molecule has 0 bridgehead atoms. The molecule has 0 atom stereocenters. The van der Waals surface area contributed by atoms with Gasteiger partial charge in [0.1, 0.15) is 11.4 Å². The van der Waals surface area contributed by atoms with E-state index in [9.17, 15) is 0 Å². The van der Waals surface area contributed by atoms with Gasteiger partial charge in [0.05, 0.1) is 0 Å². The number of rotatable bonds is 4. The van der Waals surface area contributed by atoms with Crippen LogP contribution in [0.5, 0.6) is 5.75 Å². The number of pyridine rings is 1. The zero-order valence-electron chi connectivity index (χ0n) is 10.0. The zero-order chi connectivity index (χ0) is 11.3. The SMILES string of the molecule is CCNCc1cnccc1OC(C)(C)C. The van der Waals surface area contributed by atoms with Crippen LogP contribution >= 0.6 is 0 Å². The molecular formula is C12H20N2O. The first-order valence-electron chi connectivity index (χ1n) is 5.35. The normalized spacial score (nSPS) is 11.5. The van der Waals surface area contributed by atoms with Crippen molar-refractivity contribution in [1.82, 2.24) is 10.3 Å². The van der Waals surface area contributed by atoms with Crippen molar-refractivity contribution in [3.05, 3.63) is 24.0 Å². The minimum Gasteiger partial charge on any atom is -0.488 e. The molecule has 1 rings (SSSR count). The fourth-order valence-corrected chi connectivity index (χ4v) is 1.24. The Kier molecular flexibility index (Phi) is 4.09. The van der Waals surface area contributed by atoms with Crippen LogP contribution in [0.15, 0.2) is 18.5 Å². The van der Waals surface area contributed by atoms with E-state index in [1.807, 2.05) is 33.0 Å². The van der Waals surface area contributed by atoms with Gasteiger partial charge in [-0.1, -0.05) is 6.92 Å². The van der Waals surface area contributed by atoms with Crippen LogP contribution in [0.1, 0.15) is 33.3 Å². The third kappa shape index (κ3) is 4.30. The molecule has 0 spiro atoms. The lowest BCUT2D eigenvalue weighted by molar-refractivity contribution is 0.129. The molecule has 1 aromatic heterocycles. The fraction of sp³-hybridized carbons (Fsp3) is 0.583. The summed E-state index contributed by atoms with van der Waals surface area (Å²) >= 11 is 0. The summed E-state index contributed by atoms with van der Waals surface area (Å²) in [6.45, 7) is 9.97. The third-order valence-electron chi connectivity index (χ3n) is 1.84. The maximum atomic E-state index is 5.85. The molecule has 0 unspecified atom stereocenters. The first-order chi connectivity index (χ1) is 7.03. The smallest absolute Gasteiger partial charge is 0.127 e. The molecule has 3 heteroatoms. The molecule has 1 heterocycles. The van der Waals surface area contributed by atoms with Crippen molar-refractivity contribution in [2.75, 3.05) is 6.54 Å². The van der Waals surface area contributed by atoms with Crippen molar-refractivity contribution in [1.29, 1.82) is 0 Å². The average Bonchev–Trinajstić information content (AvgIpc) is 2.14. The van der Waals surface area contributed by atoms with Gasteiger partial charge in [0.25, 0.3) is 0 Å². The minimum absolute atomic E-state index is 0.164. The molecule has 0 aliphatic rings. The second kappa shape index (κ2) is 5.12. The summed E-state index contributed by atoms with van der Waals surface area (Å²) < 4.78 is 5.85. The molecule has 1 N–H and O–H groups in total. The Hall–Kier alpha value is -1.09. The van der Waals surface area contributed by atoms with Crippen LogP contribution < -0.4 is 10.1 Å². The van der Waals surface area contributed by atoms with Crippen LogP contribution in [0.25, 0.3) is 0 Å². The molecule has 0 amide bonds. The monoisotopic (exact) mass is 208 g/mol. The molecule has 0 saturated heterocycles. The van der Waals surface area contributed by atoms with Crippen molar-refractivity contribution in [2.24, 2.45) is 0 Å². The molecule has 0 fully saturated rings. The number of aromatic nitrogens is 1. The molecule has 0 radical (unpaired) electrons. The Balaban J connectivity index is 2.77. The summed E-state index contributed by atoms with van der Waals surface area (Å²) in [5.74, 6) is 0.915. The van der Waals surface area contributed by atoms with Crippen LogP contribution in [-0.4, -0.2) is 17.1 Å². The molecule has 15 heavy (non-hydrogen) atoms. The summed E-state index contributed by atoms with van der Waals surface area (Å²) in [7, 11) is 0. The van der Waals surface area contributed by atoms with Crippen LogP contribution in [0.4, 0.5) is 0 Å². The number of hydrogen-bond donors (Lipinski definition) is 1. The van der Waals surface area contributed by atoms with Gasteiger partial charge in [0.2, 0.25) is 0 Å². The van der Waals surface area contributed by atoms with Crippen LogP contribution in [0.2, 0.25) is 0 Å². The van der Waals surface area contributed by atoms with Gasteiger partial charge in [0, 0.05) is 24.5 Å². The summed E-state index contributed by atoms with van der Waals surface area (Å²) in [5, 5.41) is 3.27. The summed E-state index contributed by atoms with van der Waals surface area (Å²) in [6.07, 6.45) is 3.61. The Morgan fingerprint density at radius 1 is 1.40 bits per heavy atom. The highest BCUT2D eigenvalue weighted by molar-refractivity contribution is 5.30. The van der Waals surface area contributed by atoms with Crippen molar-refractivity contribution in [3.8, 4) is 5.75 Å². The van der Waals surface area contributed by atoms with Crippen LogP contribution in [-0.2, 0) is 6.54 Å². The van der Waals surface area contributed by atoms with Gasteiger partial charge in [-0.3, -0.25) is 4.98 Å². The highest BCUT2D eigenvalue weighted by Gasteiger charge is 2.14. The highest BCUT2D eigenvalue weighted by atomic mass is 16.5. The lowest BCUT2D eigenvalue weighted by Crippen LogP contribution is -2.24. The summed E-state index contributed by atoms with van der Waals surface area (Å²) in [4.78, 5) is 4.11. The number of ether oxygens (including phenoxy) is 1. The van der Waals surface area contributed by atoms with E-state index in [0.717, 1.165) is 24.4 Å². The molecule has 1 aromatic rings. The van der Waals surface area contributed by atoms with Gasteiger partial charge in [0.15, 0.2) is 0 Å². The van der Waals surface area contributed by atoms with E-state index in [2.05, 4.69) is 17.2 Å². The zero-order valence-corrected chi connectivity index (χ0v) is 10.0. The van der Waals surface area contributed by atoms with E-state index in [-0.39, 0.29) is 5.60 Å². The van der Waals surface area contributed by atoms with Gasteiger partial charge in [-0.05, 0) is 33.4 Å². The molecule has 0 aliphatic heterocycles. The van der Waals surface area contributed by atoms with Gasteiger partial charge >= 0.3 is 0 Å². The van der Waals surface area contributed by atoms with Crippen molar-refractivity contribution < 1.29 is 4.74 Å². The quantitative estimate of drug-likeness (QED) is 0.824. The first-order valence-corrected chi connectivity index (χ1v) is 5.35. The van der Waals surface area contributed by atoms with Crippen molar-refractivity contribution in [3.63, 3.8) is 0 Å². The van der Waals surface area contributed by atoms with Gasteiger partial charge in [-0.15, -0.1) is 0 Å². The van der Waals surface area contributed by atoms with E-state index in [4.69, 9.17) is 4.74 Å². The van der Waals surface area contributed by atoms with Crippen LogP contribution in [0.3, 0.4) is 0 Å². The molecule has 84 valence electrons. The Labute approximate surface area is 91.9 Å². The molecule has 0 saturated carbocycles. The van der Waals surface area contributed by atoms with E-state index >= 15 is 0 Å². The predicted octanol–water partition coefficient (Wildman–Crippen LogP) is 2.37. The highest BCUT2D eigenvalue weighted by Crippen LogP contribution is 2.21. The Bertz CT molecular complexity index is 305. The van der Waals surface area contributed by atoms with Crippen molar-refractivity contribution >= 4 is 0 Å². The number of hydrogen-bond acceptors (Lipinski definition) is 3. The van der Waals surface area contributed by atoms with E-state index in [1.165, 1.54) is 0 Å². The topological polar surface area (TPSA) is 34.2 Å². The standard InChI is InChI=1S/C12H20N2O/c1-5-13-8-10-9-14-7-6-11(10)15-12(2,3)4/h6-7,9,13H,5,8H2,1-4H3. The van der Waals surface area contributed by atoms with Crippen molar-refractivity contribution in [2.45, 2.75) is 39.8 Å². The average molecular weight is 208 g/mol. The predicted molar refractivity (Wildman–Crippen MR) is 62.0 cm³/mol. The lowest BCUT2D eigenvalue weighted by Gasteiger charge is -2.23. The molecule has 0 aromatic carbocycles. The fourth-order valence-electron chi connectivity index (χ4n) is 1.24. The Morgan fingerprint density at radius 3 is 2.73 bits per heavy atom. The first kappa shape index (κ1) is 12.0. The molecule has 0 aliphatic carbocycles. The largest absolute Gasteiger partial charge is 0.488 e. The van der Waals surface area contributed by atoms with Crippen LogP contribution in [0, 0.1) is 0 Å². The summed E-state index contributed by atoms with van der Waals surface area (Å²) in [5.41, 5.74) is 0.941. The second-order valence-corrected chi connectivity index (χ2v) is 4.48. The minimum atomic E-state index is -0.164. The molecule has 3 nitrogen and oxygen atoms in total. The number of nitrogens with zero attached hydrogens (tertiary/aromatic N) is 1. The van der Waals surface area contributed by atoms with Gasteiger partial charge < -0.3 is 10.1 Å². The number of nitrogens with one attached hydrogen (secondary N) is 1. The maximum Gasteiger partial charge on any atom is 0.127 e. The van der Waals surface area contributed by atoms with Gasteiger partial charge in [-0.25, -0.2) is 0 Å². The van der Waals surface area contributed by atoms with E-state index < -0.39 is 0 Å². The second-order valence-electron chi connectivity index (χ2n) is 4.48. The third-order valence-corrected chi connectivity index (χ3v) is 1.84. The van der Waals surface area contributed by atoms with E-state index in [1.54, 1.807) is 6.20 Å². The van der Waals surface area contributed by atoms with Gasteiger partial charge in [-0.2, -0.15) is 0 Å². The summed E-state index contributed by atoms with van der Waals surface area (Å²) in [6, 6.07) is 1.91. The Morgan fingerprint density at radius 2 is 2.13 bits per heavy atom.